The Bertz CT molecular complexity index is 1160. The number of aromatic nitrogens is 3. The lowest BCUT2D eigenvalue weighted by atomic mass is 10.1. The molecule has 28 heavy (non-hydrogen) atoms. The Hall–Kier alpha value is -3.31. The number of nitrogens with one attached hydrogen (secondary N) is 1. The van der Waals surface area contributed by atoms with Crippen molar-refractivity contribution in [3.63, 3.8) is 0 Å². The minimum absolute atomic E-state index is 0.194. The van der Waals surface area contributed by atoms with E-state index in [1.807, 2.05) is 30.3 Å². The molecule has 0 unspecified atom stereocenters. The average Bonchev–Trinajstić information content (AvgIpc) is 3.03. The van der Waals surface area contributed by atoms with E-state index in [2.05, 4.69) is 41.5 Å². The van der Waals surface area contributed by atoms with Gasteiger partial charge >= 0.3 is 0 Å². The zero-order valence-corrected chi connectivity index (χ0v) is 15.5. The lowest BCUT2D eigenvalue weighted by molar-refractivity contribution is 0.165. The Morgan fingerprint density at radius 2 is 1.82 bits per heavy atom. The zero-order chi connectivity index (χ0) is 19.1. The van der Waals surface area contributed by atoms with Gasteiger partial charge < -0.3 is 10.4 Å². The van der Waals surface area contributed by atoms with Gasteiger partial charge in [0.15, 0.2) is 5.82 Å². The number of aryl methyl sites for hydroxylation is 1. The summed E-state index contributed by atoms with van der Waals surface area (Å²) in [6, 6.07) is 17.9. The van der Waals surface area contributed by atoms with Gasteiger partial charge in [0.1, 0.15) is 5.82 Å². The molecule has 4 aromatic rings. The molecule has 0 radical (unpaired) electrons. The maximum Gasteiger partial charge on any atom is 0.162 e. The third kappa shape index (κ3) is 2.90. The second kappa shape index (κ2) is 6.69. The minimum atomic E-state index is -0.489. The number of aliphatic hydroxyl groups is 1. The van der Waals surface area contributed by atoms with Gasteiger partial charge in [-0.05, 0) is 47.9 Å². The van der Waals surface area contributed by atoms with Crippen LogP contribution in [0, 0.1) is 6.92 Å². The Balaban J connectivity index is 1.64. The third-order valence-corrected chi connectivity index (χ3v) is 5.29. The van der Waals surface area contributed by atoms with Gasteiger partial charge in [-0.15, -0.1) is 0 Å². The van der Waals surface area contributed by atoms with Gasteiger partial charge in [0.2, 0.25) is 0 Å². The van der Waals surface area contributed by atoms with Crippen molar-refractivity contribution in [1.29, 1.82) is 0 Å². The van der Waals surface area contributed by atoms with E-state index in [4.69, 9.17) is 9.97 Å². The summed E-state index contributed by atoms with van der Waals surface area (Å²) < 4.78 is 0. The van der Waals surface area contributed by atoms with Gasteiger partial charge in [0.05, 0.1) is 17.7 Å². The molecule has 1 aliphatic rings. The van der Waals surface area contributed by atoms with Crippen molar-refractivity contribution < 1.29 is 5.11 Å². The fourth-order valence-electron chi connectivity index (χ4n) is 3.87. The second-order valence-corrected chi connectivity index (χ2v) is 7.24. The van der Waals surface area contributed by atoms with Crippen molar-refractivity contribution >= 4 is 16.7 Å². The number of benzene rings is 2. The number of hydrogen-bond acceptors (Lipinski definition) is 5. The van der Waals surface area contributed by atoms with Crippen LogP contribution in [0.25, 0.3) is 22.3 Å². The molecule has 5 heteroatoms. The largest absolute Gasteiger partial charge is 0.390 e. The topological polar surface area (TPSA) is 70.9 Å². The molecule has 0 bridgehead atoms. The summed E-state index contributed by atoms with van der Waals surface area (Å²) in [5.74, 6) is 1.38. The van der Waals surface area contributed by atoms with Crippen molar-refractivity contribution in [2.75, 3.05) is 5.32 Å². The van der Waals surface area contributed by atoms with Crippen LogP contribution < -0.4 is 5.32 Å². The van der Waals surface area contributed by atoms with Gasteiger partial charge in [0, 0.05) is 29.8 Å². The van der Waals surface area contributed by atoms with Crippen molar-refractivity contribution in [1.82, 2.24) is 15.0 Å². The molecule has 2 atom stereocenters. The predicted octanol–water partition coefficient (Wildman–Crippen LogP) is 4.07. The monoisotopic (exact) mass is 368 g/mol. The molecule has 0 spiro atoms. The van der Waals surface area contributed by atoms with E-state index in [1.165, 1.54) is 5.56 Å². The van der Waals surface area contributed by atoms with Crippen molar-refractivity contribution in [3.05, 3.63) is 83.7 Å². The highest BCUT2D eigenvalue weighted by atomic mass is 16.3. The Kier molecular flexibility index (Phi) is 4.02. The first kappa shape index (κ1) is 16.8. The molecule has 0 saturated carbocycles. The molecule has 0 amide bonds. The van der Waals surface area contributed by atoms with Crippen LogP contribution in [-0.4, -0.2) is 26.2 Å². The zero-order valence-electron chi connectivity index (χ0n) is 15.5. The Morgan fingerprint density at radius 1 is 1.00 bits per heavy atom. The summed E-state index contributed by atoms with van der Waals surface area (Å²) in [6.45, 7) is 2.05. The SMILES string of the molecule is Cc1ccc2c(N[C@H]3c4ccccc4C[C@H]3O)nc(-c3ccncc3)nc2c1. The van der Waals surface area contributed by atoms with E-state index < -0.39 is 6.10 Å². The lowest BCUT2D eigenvalue weighted by Crippen LogP contribution is -2.22. The molecular weight excluding hydrogens is 348 g/mol. The van der Waals surface area contributed by atoms with Crippen LogP contribution in [0.15, 0.2) is 67.0 Å². The fraction of sp³-hybridized carbons (Fsp3) is 0.174. The predicted molar refractivity (Wildman–Crippen MR) is 110 cm³/mol. The Labute approximate surface area is 163 Å². The summed E-state index contributed by atoms with van der Waals surface area (Å²) in [4.78, 5) is 13.7. The molecule has 5 rings (SSSR count). The van der Waals surface area contributed by atoms with Crippen LogP contribution in [0.2, 0.25) is 0 Å². The molecule has 0 aliphatic heterocycles. The van der Waals surface area contributed by atoms with E-state index in [0.29, 0.717) is 12.2 Å². The minimum Gasteiger partial charge on any atom is -0.390 e. The maximum absolute atomic E-state index is 10.7. The van der Waals surface area contributed by atoms with Crippen LogP contribution in [0.3, 0.4) is 0 Å². The number of rotatable bonds is 3. The molecule has 1 aliphatic carbocycles. The van der Waals surface area contributed by atoms with E-state index in [9.17, 15) is 5.11 Å². The average molecular weight is 368 g/mol. The summed E-state index contributed by atoms with van der Waals surface area (Å²) in [7, 11) is 0. The third-order valence-electron chi connectivity index (χ3n) is 5.29. The van der Waals surface area contributed by atoms with Crippen LogP contribution in [0.5, 0.6) is 0 Å². The normalized spacial score (nSPS) is 18.2. The molecule has 2 aromatic heterocycles. The van der Waals surface area contributed by atoms with Crippen LogP contribution >= 0.6 is 0 Å². The van der Waals surface area contributed by atoms with Crippen molar-refractivity contribution in [2.45, 2.75) is 25.5 Å². The maximum atomic E-state index is 10.7. The summed E-state index contributed by atoms with van der Waals surface area (Å²) in [5, 5.41) is 15.1. The molecule has 2 N–H and O–H groups in total. The van der Waals surface area contributed by atoms with Crippen molar-refractivity contribution in [2.24, 2.45) is 0 Å². The smallest absolute Gasteiger partial charge is 0.162 e. The summed E-state index contributed by atoms with van der Waals surface area (Å²) >= 11 is 0. The highest BCUT2D eigenvalue weighted by Gasteiger charge is 2.31. The molecular formula is C23H20N4O. The molecule has 138 valence electrons. The molecule has 0 fully saturated rings. The first-order valence-electron chi connectivity index (χ1n) is 9.40. The molecule has 2 aromatic carbocycles. The fourth-order valence-corrected chi connectivity index (χ4v) is 3.87. The quantitative estimate of drug-likeness (QED) is 0.570. The highest BCUT2D eigenvalue weighted by Crippen LogP contribution is 2.36. The second-order valence-electron chi connectivity index (χ2n) is 7.24. The number of anilines is 1. The molecule has 0 saturated heterocycles. The van der Waals surface area contributed by atoms with E-state index in [0.717, 1.165) is 33.4 Å². The summed E-state index contributed by atoms with van der Waals surface area (Å²) in [6.07, 6.45) is 3.64. The Morgan fingerprint density at radius 3 is 2.68 bits per heavy atom. The van der Waals surface area contributed by atoms with Crippen LogP contribution in [0.1, 0.15) is 22.7 Å². The van der Waals surface area contributed by atoms with Crippen LogP contribution in [0.4, 0.5) is 5.82 Å². The van der Waals surface area contributed by atoms with E-state index in [1.54, 1.807) is 12.4 Å². The standard InChI is InChI=1S/C23H20N4O/c1-14-6-7-18-19(12-14)25-22(15-8-10-24-11-9-15)27-23(18)26-21-17-5-3-2-4-16(17)13-20(21)28/h2-12,20-21,28H,13H2,1H3,(H,25,26,27)/t20-,21+/m1/s1. The number of pyridine rings is 1. The summed E-state index contributed by atoms with van der Waals surface area (Å²) in [5.41, 5.74) is 5.23. The first-order chi connectivity index (χ1) is 13.7. The number of fused-ring (bicyclic) bond motifs is 2. The first-order valence-corrected chi connectivity index (χ1v) is 9.40. The number of aliphatic hydroxyl groups excluding tert-OH is 1. The molecule has 2 heterocycles. The lowest BCUT2D eigenvalue weighted by Gasteiger charge is -2.20. The van der Waals surface area contributed by atoms with E-state index in [-0.39, 0.29) is 6.04 Å². The van der Waals surface area contributed by atoms with Gasteiger partial charge in [0.25, 0.3) is 0 Å². The van der Waals surface area contributed by atoms with Gasteiger partial charge in [-0.25, -0.2) is 9.97 Å². The van der Waals surface area contributed by atoms with Gasteiger partial charge in [-0.3, -0.25) is 4.98 Å². The van der Waals surface area contributed by atoms with Gasteiger partial charge in [-0.2, -0.15) is 0 Å². The number of hydrogen-bond donors (Lipinski definition) is 2. The van der Waals surface area contributed by atoms with Crippen LogP contribution in [-0.2, 0) is 6.42 Å². The van der Waals surface area contributed by atoms with E-state index >= 15 is 0 Å². The highest BCUT2D eigenvalue weighted by molar-refractivity contribution is 5.91. The van der Waals surface area contributed by atoms with Crippen molar-refractivity contribution in [3.8, 4) is 11.4 Å². The number of nitrogens with zero attached hydrogens (tertiary/aromatic N) is 3. The molecule has 5 nitrogen and oxygen atoms in total. The van der Waals surface area contributed by atoms with Gasteiger partial charge in [-0.1, -0.05) is 30.3 Å².